The minimum absolute atomic E-state index is 0.345. The van der Waals surface area contributed by atoms with Crippen LogP contribution in [0.4, 0.5) is 0 Å². The normalized spacial score (nSPS) is 10.9. The highest BCUT2D eigenvalue weighted by Gasteiger charge is 2.17. The number of hydrogen-bond donors (Lipinski definition) is 0. The molecular formula is C38H69I. The van der Waals surface area contributed by atoms with Crippen molar-refractivity contribution < 1.29 is 0 Å². The summed E-state index contributed by atoms with van der Waals surface area (Å²) in [7, 11) is 0. The third kappa shape index (κ3) is 34.7. The number of terminal acetylenes is 1. The summed E-state index contributed by atoms with van der Waals surface area (Å²) in [5.74, 6) is 1.67. The van der Waals surface area contributed by atoms with Gasteiger partial charge in [0.1, 0.15) is 0 Å². The molecule has 0 nitrogen and oxygen atoms in total. The Morgan fingerprint density at radius 3 is 1.41 bits per heavy atom. The van der Waals surface area contributed by atoms with Crippen molar-refractivity contribution in [1.29, 1.82) is 0 Å². The molecule has 0 aliphatic carbocycles. The van der Waals surface area contributed by atoms with Crippen LogP contribution in [0.15, 0.2) is 48.6 Å². The van der Waals surface area contributed by atoms with Crippen molar-refractivity contribution >= 4 is 28.2 Å². The van der Waals surface area contributed by atoms with Crippen molar-refractivity contribution in [2.24, 2.45) is 17.3 Å². The second kappa shape index (κ2) is 29.7. The average molecular weight is 653 g/mol. The summed E-state index contributed by atoms with van der Waals surface area (Å²) in [6.07, 6.45) is 14.8. The predicted molar refractivity (Wildman–Crippen MR) is 197 cm³/mol. The van der Waals surface area contributed by atoms with Gasteiger partial charge in [0, 0.05) is 3.92 Å². The average Bonchev–Trinajstić information content (AvgIpc) is 2.79. The van der Waals surface area contributed by atoms with Crippen LogP contribution in [0, 0.1) is 43.9 Å². The molecule has 228 valence electrons. The van der Waals surface area contributed by atoms with E-state index in [0.29, 0.717) is 5.41 Å². The van der Waals surface area contributed by atoms with Crippen LogP contribution in [-0.4, -0.2) is 3.92 Å². The lowest BCUT2D eigenvalue weighted by molar-refractivity contribution is 0.359. The van der Waals surface area contributed by atoms with Crippen LogP contribution in [0.2, 0.25) is 0 Å². The molecule has 39 heavy (non-hydrogen) atoms. The molecule has 0 radical (unpaired) electrons. The number of alkyl halides is 1. The van der Waals surface area contributed by atoms with Gasteiger partial charge >= 0.3 is 0 Å². The molecule has 0 N–H and O–H groups in total. The van der Waals surface area contributed by atoms with Gasteiger partial charge in [0.2, 0.25) is 0 Å². The van der Waals surface area contributed by atoms with E-state index >= 15 is 0 Å². The number of aryl methyl sites for hydroxylation is 2. The highest BCUT2D eigenvalue weighted by atomic mass is 127. The zero-order chi connectivity index (χ0) is 32.4. The minimum atomic E-state index is 0.345. The molecule has 0 heterocycles. The highest BCUT2D eigenvalue weighted by Crippen LogP contribution is 2.31. The van der Waals surface area contributed by atoms with Gasteiger partial charge in [0.25, 0.3) is 0 Å². The second-order valence-corrected chi connectivity index (χ2v) is 13.9. The molecule has 1 atom stereocenters. The first-order valence-electron chi connectivity index (χ1n) is 14.9. The van der Waals surface area contributed by atoms with Crippen LogP contribution in [-0.2, 0) is 0 Å². The molecular weight excluding hydrogens is 583 g/mol. The fourth-order valence-electron chi connectivity index (χ4n) is 3.70. The third-order valence-corrected chi connectivity index (χ3v) is 6.59. The molecule has 1 unspecified atom stereocenters. The predicted octanol–water partition coefficient (Wildman–Crippen LogP) is 13.9. The Balaban J connectivity index is -0.000000137. The molecule has 0 amide bonds. The van der Waals surface area contributed by atoms with Gasteiger partial charge in [0.05, 0.1) is 0 Å². The molecule has 0 saturated heterocycles. The summed E-state index contributed by atoms with van der Waals surface area (Å²) in [5, 5.41) is 0. The molecule has 1 rings (SSSR count). The first-order chi connectivity index (χ1) is 17.9. The maximum Gasteiger partial charge on any atom is 0.0104 e. The second-order valence-electron chi connectivity index (χ2n) is 11.9. The molecule has 1 aromatic carbocycles. The molecule has 1 aromatic rings. The van der Waals surface area contributed by atoms with Crippen molar-refractivity contribution in [3.05, 3.63) is 65.3 Å². The van der Waals surface area contributed by atoms with Crippen molar-refractivity contribution in [2.75, 3.05) is 0 Å². The molecule has 0 fully saturated rings. The van der Waals surface area contributed by atoms with Gasteiger partial charge in [-0.2, -0.15) is 0 Å². The van der Waals surface area contributed by atoms with Gasteiger partial charge in [-0.1, -0.05) is 141 Å². The van der Waals surface area contributed by atoms with E-state index in [-0.39, 0.29) is 0 Å². The Morgan fingerprint density at radius 1 is 0.897 bits per heavy atom. The quantitative estimate of drug-likeness (QED) is 0.113. The molecule has 0 aliphatic heterocycles. The van der Waals surface area contributed by atoms with Crippen LogP contribution in [0.5, 0.6) is 0 Å². The van der Waals surface area contributed by atoms with E-state index < -0.39 is 0 Å². The number of rotatable bonds is 8. The summed E-state index contributed by atoms with van der Waals surface area (Å²) in [5.41, 5.74) is 8.60. The molecule has 0 saturated carbocycles. The monoisotopic (exact) mass is 652 g/mol. The van der Waals surface area contributed by atoms with Crippen LogP contribution in [0.3, 0.4) is 0 Å². The van der Waals surface area contributed by atoms with Crippen molar-refractivity contribution in [3.63, 3.8) is 0 Å². The Labute approximate surface area is 262 Å². The van der Waals surface area contributed by atoms with E-state index in [1.807, 2.05) is 13.8 Å². The number of benzene rings is 1. The molecule has 0 aromatic heterocycles. The number of allylic oxidation sites excluding steroid dienone is 4. The Hall–Kier alpha value is -1.27. The van der Waals surface area contributed by atoms with Crippen molar-refractivity contribution in [3.8, 4) is 12.8 Å². The third-order valence-electron chi connectivity index (χ3n) is 5.15. The van der Waals surface area contributed by atoms with E-state index in [0.717, 1.165) is 28.6 Å². The zero-order valence-electron chi connectivity index (χ0n) is 29.3. The van der Waals surface area contributed by atoms with Gasteiger partial charge < -0.3 is 0 Å². The van der Waals surface area contributed by atoms with Crippen LogP contribution in [0.25, 0.3) is 5.57 Å². The van der Waals surface area contributed by atoms with Crippen LogP contribution in [0.1, 0.15) is 139 Å². The topological polar surface area (TPSA) is 0 Å². The fraction of sp³-hybridized carbons (Fsp3) is 0.632. The molecule has 0 aliphatic rings. The van der Waals surface area contributed by atoms with E-state index in [2.05, 4.69) is 170 Å². The fourth-order valence-corrected chi connectivity index (χ4v) is 3.70. The van der Waals surface area contributed by atoms with Crippen molar-refractivity contribution in [1.82, 2.24) is 0 Å². The van der Waals surface area contributed by atoms with Gasteiger partial charge in [-0.3, -0.25) is 0 Å². The van der Waals surface area contributed by atoms with Gasteiger partial charge in [-0.05, 0) is 93.4 Å². The summed E-state index contributed by atoms with van der Waals surface area (Å²) in [6, 6.07) is 6.52. The molecule has 1 heteroatoms. The number of halogens is 1. The maximum absolute atomic E-state index is 4.00. The Kier molecular flexibility index (Phi) is 36.2. The highest BCUT2D eigenvalue weighted by molar-refractivity contribution is 14.1. The smallest absolute Gasteiger partial charge is 0.0104 e. The zero-order valence-corrected chi connectivity index (χ0v) is 31.5. The lowest BCUT2D eigenvalue weighted by Gasteiger charge is -2.24. The van der Waals surface area contributed by atoms with Gasteiger partial charge in [-0.25, -0.2) is 0 Å². The SMILES string of the molecule is C#C.C/C=C(/CCC)c1c(C)cccc1C.C=C(C)CC(C)(C)CC(=C)C.CC.CC(C)C.CC(C)C(C)I. The lowest BCUT2D eigenvalue weighted by Crippen LogP contribution is -2.11. The first kappa shape index (κ1) is 47.5. The first-order valence-corrected chi connectivity index (χ1v) is 16.1. The standard InChI is InChI=1S/C14H20.C11H20.C5H11I.C4H10.C2H6.C2H2/c1-5-8-13(6-2)14-11(3)9-7-10-12(14)4;1-9(2)7-11(5,6)8-10(3)4;1-4(2)5(3)6;1-4(2)3;2*1-2/h6-7,9-10H,5,8H2,1-4H3;1,3,7-8H2,2,4-6H3;4-5H,1-3H3;4H,1-3H3;1-2H3;1-2H/b13-6-;;;;;. The van der Waals surface area contributed by atoms with Gasteiger partial charge in [-0.15, -0.1) is 26.0 Å². The van der Waals surface area contributed by atoms with Crippen molar-refractivity contribution in [2.45, 2.75) is 140 Å². The summed E-state index contributed by atoms with van der Waals surface area (Å²) >= 11 is 2.43. The maximum atomic E-state index is 4.00. The summed E-state index contributed by atoms with van der Waals surface area (Å²) in [6.45, 7) is 42.5. The minimum Gasteiger partial charge on any atom is -0.124 e. The summed E-state index contributed by atoms with van der Waals surface area (Å²) in [4.78, 5) is 0. The molecule has 0 bridgehead atoms. The van der Waals surface area contributed by atoms with Crippen LogP contribution < -0.4 is 0 Å². The lowest BCUT2D eigenvalue weighted by atomic mass is 9.81. The van der Waals surface area contributed by atoms with Gasteiger partial charge in [0.15, 0.2) is 0 Å². The van der Waals surface area contributed by atoms with E-state index in [1.165, 1.54) is 46.3 Å². The Bertz CT molecular complexity index is 722. The van der Waals surface area contributed by atoms with Crippen LogP contribution >= 0.6 is 22.6 Å². The Morgan fingerprint density at radius 2 is 1.21 bits per heavy atom. The largest absolute Gasteiger partial charge is 0.124 e. The van der Waals surface area contributed by atoms with E-state index in [4.69, 9.17) is 0 Å². The number of hydrogen-bond acceptors (Lipinski definition) is 0. The van der Waals surface area contributed by atoms with E-state index in [9.17, 15) is 0 Å². The molecule has 0 spiro atoms. The summed E-state index contributed by atoms with van der Waals surface area (Å²) < 4.78 is 0.822. The van der Waals surface area contributed by atoms with E-state index in [1.54, 1.807) is 0 Å².